The Morgan fingerprint density at radius 2 is 1.94 bits per heavy atom. The van der Waals surface area contributed by atoms with E-state index in [0.29, 0.717) is 0 Å². The Kier molecular flexibility index (Phi) is 7.34. The van der Waals surface area contributed by atoms with Gasteiger partial charge in [-0.05, 0) is 12.5 Å². The SMILES string of the molecule is C=C/C=C(/CCN(CCC)C(C)=O)N(C)C. The molecule has 0 aromatic carbocycles. The number of hydrogen-bond acceptors (Lipinski definition) is 2. The topological polar surface area (TPSA) is 23.6 Å². The molecule has 3 nitrogen and oxygen atoms in total. The Labute approximate surface area is 99.4 Å². The van der Waals surface area contributed by atoms with E-state index >= 15 is 0 Å². The lowest BCUT2D eigenvalue weighted by Gasteiger charge is -2.23. The molecule has 0 aromatic rings. The molecule has 0 saturated carbocycles. The second kappa shape index (κ2) is 7.97. The van der Waals surface area contributed by atoms with Gasteiger partial charge in [-0.25, -0.2) is 0 Å². The third kappa shape index (κ3) is 5.59. The molecule has 0 aliphatic rings. The fourth-order valence-corrected chi connectivity index (χ4v) is 1.54. The zero-order valence-electron chi connectivity index (χ0n) is 11.0. The fourth-order valence-electron chi connectivity index (χ4n) is 1.54. The van der Waals surface area contributed by atoms with Crippen LogP contribution in [0.25, 0.3) is 0 Å². The molecule has 0 heterocycles. The molecule has 0 saturated heterocycles. The molecule has 0 atom stereocenters. The first kappa shape index (κ1) is 14.8. The van der Waals surface area contributed by atoms with Crippen LogP contribution >= 0.6 is 0 Å². The third-order valence-corrected chi connectivity index (χ3v) is 2.46. The molecule has 0 aliphatic heterocycles. The minimum atomic E-state index is 0.151. The molecule has 0 bridgehead atoms. The zero-order valence-corrected chi connectivity index (χ0v) is 11.0. The normalized spacial score (nSPS) is 11.1. The Bertz CT molecular complexity index is 257. The average molecular weight is 224 g/mol. The molecule has 0 unspecified atom stereocenters. The fraction of sp³-hybridized carbons (Fsp3) is 0.615. The van der Waals surface area contributed by atoms with E-state index < -0.39 is 0 Å². The molecule has 0 fully saturated rings. The number of rotatable bonds is 7. The highest BCUT2D eigenvalue weighted by molar-refractivity contribution is 5.73. The minimum absolute atomic E-state index is 0.151. The molecular formula is C13H24N2O. The number of nitrogens with zero attached hydrogens (tertiary/aromatic N) is 2. The Morgan fingerprint density at radius 3 is 2.31 bits per heavy atom. The molecule has 0 rings (SSSR count). The van der Waals surface area contributed by atoms with E-state index in [-0.39, 0.29) is 5.91 Å². The van der Waals surface area contributed by atoms with Crippen LogP contribution in [0.5, 0.6) is 0 Å². The summed E-state index contributed by atoms with van der Waals surface area (Å²) in [6, 6.07) is 0. The second-order valence-corrected chi connectivity index (χ2v) is 4.04. The smallest absolute Gasteiger partial charge is 0.219 e. The van der Waals surface area contributed by atoms with Crippen LogP contribution in [0.15, 0.2) is 24.4 Å². The highest BCUT2D eigenvalue weighted by Gasteiger charge is 2.08. The Balaban J connectivity index is 4.31. The van der Waals surface area contributed by atoms with Crippen LogP contribution in [0.2, 0.25) is 0 Å². The van der Waals surface area contributed by atoms with E-state index in [1.54, 1.807) is 13.0 Å². The molecule has 0 aromatic heterocycles. The van der Waals surface area contributed by atoms with Gasteiger partial charge in [0.1, 0.15) is 0 Å². The van der Waals surface area contributed by atoms with Crippen LogP contribution in [-0.2, 0) is 4.79 Å². The lowest BCUT2D eigenvalue weighted by molar-refractivity contribution is -0.128. The average Bonchev–Trinajstić information content (AvgIpc) is 2.21. The maximum absolute atomic E-state index is 11.3. The first-order chi connectivity index (χ1) is 7.52. The predicted molar refractivity (Wildman–Crippen MR) is 69.1 cm³/mol. The van der Waals surface area contributed by atoms with Gasteiger partial charge in [0.25, 0.3) is 0 Å². The summed E-state index contributed by atoms with van der Waals surface area (Å²) in [6.07, 6.45) is 5.65. The van der Waals surface area contributed by atoms with Gasteiger partial charge < -0.3 is 9.80 Å². The summed E-state index contributed by atoms with van der Waals surface area (Å²) < 4.78 is 0. The lowest BCUT2D eigenvalue weighted by atomic mass is 10.2. The Morgan fingerprint density at radius 1 is 1.31 bits per heavy atom. The van der Waals surface area contributed by atoms with Crippen molar-refractivity contribution in [3.05, 3.63) is 24.4 Å². The summed E-state index contributed by atoms with van der Waals surface area (Å²) in [5, 5.41) is 0. The van der Waals surface area contributed by atoms with Crippen LogP contribution in [0, 0.1) is 0 Å². The molecule has 0 N–H and O–H groups in total. The summed E-state index contributed by atoms with van der Waals surface area (Å²) in [6.45, 7) is 9.03. The maximum Gasteiger partial charge on any atom is 0.219 e. The van der Waals surface area contributed by atoms with Gasteiger partial charge in [-0.15, -0.1) is 0 Å². The minimum Gasteiger partial charge on any atom is -0.381 e. The first-order valence-electron chi connectivity index (χ1n) is 5.77. The number of carbonyl (C=O) groups is 1. The molecular weight excluding hydrogens is 200 g/mol. The number of carbonyl (C=O) groups excluding carboxylic acids is 1. The third-order valence-electron chi connectivity index (χ3n) is 2.46. The summed E-state index contributed by atoms with van der Waals surface area (Å²) in [5.41, 5.74) is 1.19. The Hall–Kier alpha value is -1.25. The molecule has 92 valence electrons. The number of allylic oxidation sites excluding steroid dienone is 2. The highest BCUT2D eigenvalue weighted by Crippen LogP contribution is 2.07. The standard InChI is InChI=1S/C13H24N2O/c1-6-8-13(14(4)5)9-11-15(10-7-2)12(3)16/h6,8H,1,7,9-11H2,2-5H3/b13-8-. The first-order valence-corrected chi connectivity index (χ1v) is 5.77. The van der Waals surface area contributed by atoms with Gasteiger partial charge >= 0.3 is 0 Å². The zero-order chi connectivity index (χ0) is 12.6. The van der Waals surface area contributed by atoms with Crippen molar-refractivity contribution in [3.63, 3.8) is 0 Å². The molecule has 3 heteroatoms. The van der Waals surface area contributed by atoms with Gasteiger partial charge in [-0.3, -0.25) is 4.79 Å². The van der Waals surface area contributed by atoms with Gasteiger partial charge in [0.05, 0.1) is 0 Å². The van der Waals surface area contributed by atoms with Crippen LogP contribution in [0.1, 0.15) is 26.7 Å². The van der Waals surface area contributed by atoms with Crippen molar-refractivity contribution in [3.8, 4) is 0 Å². The van der Waals surface area contributed by atoms with Crippen LogP contribution in [-0.4, -0.2) is 42.9 Å². The summed E-state index contributed by atoms with van der Waals surface area (Å²) in [4.78, 5) is 15.3. The van der Waals surface area contributed by atoms with Crippen molar-refractivity contribution in [2.45, 2.75) is 26.7 Å². The summed E-state index contributed by atoms with van der Waals surface area (Å²) in [5.74, 6) is 0.151. The van der Waals surface area contributed by atoms with Crippen LogP contribution < -0.4 is 0 Å². The van der Waals surface area contributed by atoms with Gasteiger partial charge in [0.15, 0.2) is 0 Å². The van der Waals surface area contributed by atoms with Crippen molar-refractivity contribution in [1.29, 1.82) is 0 Å². The molecule has 0 radical (unpaired) electrons. The van der Waals surface area contributed by atoms with Crippen molar-refractivity contribution in [2.75, 3.05) is 27.2 Å². The van der Waals surface area contributed by atoms with Crippen molar-refractivity contribution in [1.82, 2.24) is 9.80 Å². The molecule has 0 spiro atoms. The largest absolute Gasteiger partial charge is 0.381 e. The molecule has 1 amide bonds. The van der Waals surface area contributed by atoms with Crippen molar-refractivity contribution >= 4 is 5.91 Å². The maximum atomic E-state index is 11.3. The van der Waals surface area contributed by atoms with Crippen LogP contribution in [0.4, 0.5) is 0 Å². The van der Waals surface area contributed by atoms with E-state index in [4.69, 9.17) is 0 Å². The number of amides is 1. The summed E-state index contributed by atoms with van der Waals surface area (Å²) in [7, 11) is 4.01. The number of hydrogen-bond donors (Lipinski definition) is 0. The van der Waals surface area contributed by atoms with E-state index in [9.17, 15) is 4.79 Å². The van der Waals surface area contributed by atoms with Gasteiger partial charge in [-0.1, -0.05) is 19.6 Å². The van der Waals surface area contributed by atoms with E-state index in [0.717, 1.165) is 25.9 Å². The van der Waals surface area contributed by atoms with Gasteiger partial charge in [-0.2, -0.15) is 0 Å². The quantitative estimate of drug-likeness (QED) is 0.619. The lowest BCUT2D eigenvalue weighted by Crippen LogP contribution is -2.31. The van der Waals surface area contributed by atoms with E-state index in [1.807, 2.05) is 25.1 Å². The van der Waals surface area contributed by atoms with Crippen molar-refractivity contribution in [2.24, 2.45) is 0 Å². The molecule has 16 heavy (non-hydrogen) atoms. The van der Waals surface area contributed by atoms with E-state index in [2.05, 4.69) is 18.4 Å². The second-order valence-electron chi connectivity index (χ2n) is 4.04. The van der Waals surface area contributed by atoms with Crippen LogP contribution in [0.3, 0.4) is 0 Å². The summed E-state index contributed by atoms with van der Waals surface area (Å²) >= 11 is 0. The van der Waals surface area contributed by atoms with E-state index in [1.165, 1.54) is 5.70 Å². The van der Waals surface area contributed by atoms with Gasteiger partial charge in [0.2, 0.25) is 5.91 Å². The molecule has 0 aliphatic carbocycles. The van der Waals surface area contributed by atoms with Crippen molar-refractivity contribution < 1.29 is 4.79 Å². The van der Waals surface area contributed by atoms with Gasteiger partial charge in [0, 0.05) is 46.2 Å². The highest BCUT2D eigenvalue weighted by atomic mass is 16.2. The monoisotopic (exact) mass is 224 g/mol. The predicted octanol–water partition coefficient (Wildman–Crippen LogP) is 2.27.